The minimum absolute atomic E-state index is 0.0314. The fourth-order valence-corrected chi connectivity index (χ4v) is 5.42. The van der Waals surface area contributed by atoms with Crippen molar-refractivity contribution in [1.29, 1.82) is 0 Å². The number of aliphatic hydroxyl groups excluding tert-OH is 2. The van der Waals surface area contributed by atoms with Crippen molar-refractivity contribution < 1.29 is 15.0 Å². The Hall–Kier alpha value is -0.610. The Kier molecular flexibility index (Phi) is 30.4. The van der Waals surface area contributed by atoms with Crippen LogP contribution in [0.3, 0.4) is 0 Å². The zero-order valence-electron chi connectivity index (χ0n) is 26.0. The Morgan fingerprint density at radius 2 is 0.842 bits per heavy atom. The molecule has 0 saturated carbocycles. The molecule has 228 valence electrons. The van der Waals surface area contributed by atoms with Crippen LogP contribution < -0.4 is 5.32 Å². The molecule has 2 unspecified atom stereocenters. The van der Waals surface area contributed by atoms with Gasteiger partial charge in [0, 0.05) is 6.42 Å². The predicted octanol–water partition coefficient (Wildman–Crippen LogP) is 9.79. The first kappa shape index (κ1) is 37.4. The highest BCUT2D eigenvalue weighted by Gasteiger charge is 2.19. The molecule has 0 aromatic carbocycles. The van der Waals surface area contributed by atoms with Crippen LogP contribution in [0.2, 0.25) is 0 Å². The van der Waals surface area contributed by atoms with Crippen molar-refractivity contribution in [1.82, 2.24) is 5.32 Å². The Morgan fingerprint density at radius 3 is 1.18 bits per heavy atom. The van der Waals surface area contributed by atoms with Crippen molar-refractivity contribution in [2.75, 3.05) is 6.61 Å². The number of rotatable bonds is 31. The van der Waals surface area contributed by atoms with Gasteiger partial charge < -0.3 is 15.5 Å². The lowest BCUT2D eigenvalue weighted by Gasteiger charge is -2.22. The van der Waals surface area contributed by atoms with Crippen molar-refractivity contribution >= 4 is 5.91 Å². The number of aliphatic hydroxyl groups is 2. The molecule has 3 N–H and O–H groups in total. The minimum Gasteiger partial charge on any atom is -0.394 e. The number of hydrogen-bond donors (Lipinski definition) is 3. The van der Waals surface area contributed by atoms with Gasteiger partial charge in [-0.2, -0.15) is 0 Å². The molecular formula is C34H69NO3. The Morgan fingerprint density at radius 1 is 0.526 bits per heavy atom. The first-order chi connectivity index (χ1) is 18.7. The average molecular weight is 540 g/mol. The minimum atomic E-state index is -0.650. The molecule has 2 atom stereocenters. The fraction of sp³-hybridized carbons (Fsp3) is 0.971. The van der Waals surface area contributed by atoms with Crippen molar-refractivity contribution in [2.45, 2.75) is 206 Å². The molecule has 1 amide bonds. The highest BCUT2D eigenvalue weighted by molar-refractivity contribution is 5.76. The first-order valence-corrected chi connectivity index (χ1v) is 17.2. The van der Waals surface area contributed by atoms with E-state index in [1.54, 1.807) is 0 Å². The lowest BCUT2D eigenvalue weighted by molar-refractivity contribution is -0.123. The van der Waals surface area contributed by atoms with E-state index >= 15 is 0 Å². The van der Waals surface area contributed by atoms with E-state index < -0.39 is 12.1 Å². The lowest BCUT2D eigenvalue weighted by Crippen LogP contribution is -2.45. The highest BCUT2D eigenvalue weighted by Crippen LogP contribution is 2.15. The Balaban J connectivity index is 3.55. The molecule has 0 radical (unpaired) electrons. The van der Waals surface area contributed by atoms with Crippen molar-refractivity contribution in [2.24, 2.45) is 0 Å². The monoisotopic (exact) mass is 540 g/mol. The number of carbonyl (C=O) groups is 1. The molecule has 0 aromatic heterocycles. The Bertz CT molecular complexity index is 471. The van der Waals surface area contributed by atoms with Crippen LogP contribution in [0.4, 0.5) is 0 Å². The standard InChI is InChI=1S/C34H69NO3/c1-3-5-7-9-11-13-15-17-18-19-21-23-25-27-29-33(37)32(31-36)35-34(38)30-28-26-24-22-20-16-14-12-10-8-6-4-2/h32-33,36-37H,3-31H2,1-2H3,(H,35,38). The average Bonchev–Trinajstić information content (AvgIpc) is 2.92. The summed E-state index contributed by atoms with van der Waals surface area (Å²) in [5.41, 5.74) is 0. The van der Waals surface area contributed by atoms with Gasteiger partial charge in [0.25, 0.3) is 0 Å². The summed E-state index contributed by atoms with van der Waals surface area (Å²) in [5, 5.41) is 23.0. The zero-order valence-corrected chi connectivity index (χ0v) is 26.0. The number of carbonyl (C=O) groups excluding carboxylic acids is 1. The maximum absolute atomic E-state index is 12.3. The van der Waals surface area contributed by atoms with Gasteiger partial charge >= 0.3 is 0 Å². The van der Waals surface area contributed by atoms with Gasteiger partial charge in [0.1, 0.15) is 0 Å². The largest absolute Gasteiger partial charge is 0.394 e. The molecular weight excluding hydrogens is 470 g/mol. The number of nitrogens with one attached hydrogen (secondary N) is 1. The molecule has 0 aromatic rings. The second-order valence-corrected chi connectivity index (χ2v) is 11.9. The third-order valence-electron chi connectivity index (χ3n) is 8.12. The van der Waals surface area contributed by atoms with Gasteiger partial charge in [0.15, 0.2) is 0 Å². The quantitative estimate of drug-likeness (QED) is 0.0768. The molecule has 4 heteroatoms. The highest BCUT2D eigenvalue weighted by atomic mass is 16.3. The van der Waals surface area contributed by atoms with Gasteiger partial charge in [-0.15, -0.1) is 0 Å². The summed E-state index contributed by atoms with van der Waals surface area (Å²) in [6, 6.07) is -0.526. The van der Waals surface area contributed by atoms with E-state index in [2.05, 4.69) is 19.2 Å². The van der Waals surface area contributed by atoms with Gasteiger partial charge in [-0.25, -0.2) is 0 Å². The molecule has 0 fully saturated rings. The molecule has 0 bridgehead atoms. The van der Waals surface area contributed by atoms with Crippen LogP contribution in [-0.2, 0) is 4.79 Å². The maximum atomic E-state index is 12.3. The maximum Gasteiger partial charge on any atom is 0.220 e. The summed E-state index contributed by atoms with van der Waals surface area (Å²) < 4.78 is 0. The van der Waals surface area contributed by atoms with Crippen molar-refractivity contribution in [3.63, 3.8) is 0 Å². The zero-order chi connectivity index (χ0) is 27.9. The predicted molar refractivity (Wildman–Crippen MR) is 166 cm³/mol. The van der Waals surface area contributed by atoms with Crippen LogP contribution >= 0.6 is 0 Å². The second kappa shape index (κ2) is 30.9. The van der Waals surface area contributed by atoms with E-state index in [4.69, 9.17) is 0 Å². The lowest BCUT2D eigenvalue weighted by atomic mass is 10.0. The smallest absolute Gasteiger partial charge is 0.220 e. The normalized spacial score (nSPS) is 13.1. The third kappa shape index (κ3) is 27.0. The van der Waals surface area contributed by atoms with Crippen LogP contribution in [0.5, 0.6) is 0 Å². The molecule has 0 rings (SSSR count). The summed E-state index contributed by atoms with van der Waals surface area (Å²) in [5.74, 6) is -0.0314. The van der Waals surface area contributed by atoms with Crippen molar-refractivity contribution in [3.05, 3.63) is 0 Å². The van der Waals surface area contributed by atoms with Crippen LogP contribution in [0.15, 0.2) is 0 Å². The summed E-state index contributed by atoms with van der Waals surface area (Å²) >= 11 is 0. The van der Waals surface area contributed by atoms with Crippen LogP contribution in [0, 0.1) is 0 Å². The van der Waals surface area contributed by atoms with Gasteiger partial charge in [0.05, 0.1) is 18.8 Å². The van der Waals surface area contributed by atoms with E-state index in [0.29, 0.717) is 12.8 Å². The number of amides is 1. The van der Waals surface area contributed by atoms with E-state index in [1.165, 1.54) is 141 Å². The third-order valence-corrected chi connectivity index (χ3v) is 8.12. The van der Waals surface area contributed by atoms with Gasteiger partial charge in [-0.05, 0) is 12.8 Å². The summed E-state index contributed by atoms with van der Waals surface area (Å²) in [4.78, 5) is 12.3. The molecule has 0 spiro atoms. The molecule has 0 aliphatic carbocycles. The van der Waals surface area contributed by atoms with Crippen LogP contribution in [0.1, 0.15) is 194 Å². The van der Waals surface area contributed by atoms with Gasteiger partial charge in [-0.3, -0.25) is 4.79 Å². The van der Waals surface area contributed by atoms with E-state index in [1.807, 2.05) is 0 Å². The van der Waals surface area contributed by atoms with E-state index in [9.17, 15) is 15.0 Å². The Labute approximate surface area is 238 Å². The van der Waals surface area contributed by atoms with Gasteiger partial charge in [0.2, 0.25) is 5.91 Å². The second-order valence-electron chi connectivity index (χ2n) is 11.9. The summed E-state index contributed by atoms with van der Waals surface area (Å²) in [6.45, 7) is 4.35. The summed E-state index contributed by atoms with van der Waals surface area (Å²) in [7, 11) is 0. The van der Waals surface area contributed by atoms with E-state index in [-0.39, 0.29) is 12.5 Å². The number of hydrogen-bond acceptors (Lipinski definition) is 3. The fourth-order valence-electron chi connectivity index (χ4n) is 5.42. The molecule has 0 aliphatic rings. The first-order valence-electron chi connectivity index (χ1n) is 17.2. The SMILES string of the molecule is CCCCCCCCCCCCCCCCC(O)C(CO)NC(=O)CCCCCCCCCCCCCC. The molecule has 0 saturated heterocycles. The van der Waals surface area contributed by atoms with Crippen LogP contribution in [-0.4, -0.2) is 34.9 Å². The summed E-state index contributed by atoms with van der Waals surface area (Å²) in [6.07, 6.45) is 34.3. The van der Waals surface area contributed by atoms with Gasteiger partial charge in [-0.1, -0.05) is 174 Å². The number of unbranched alkanes of at least 4 members (excludes halogenated alkanes) is 24. The molecule has 38 heavy (non-hydrogen) atoms. The topological polar surface area (TPSA) is 69.6 Å². The van der Waals surface area contributed by atoms with Crippen molar-refractivity contribution in [3.8, 4) is 0 Å². The van der Waals surface area contributed by atoms with Crippen LogP contribution in [0.25, 0.3) is 0 Å². The molecule has 4 nitrogen and oxygen atoms in total. The van der Waals surface area contributed by atoms with E-state index in [0.717, 1.165) is 25.7 Å². The molecule has 0 heterocycles. The molecule has 0 aliphatic heterocycles.